The van der Waals surface area contributed by atoms with Crippen LogP contribution in [0, 0.1) is 6.92 Å². The Kier molecular flexibility index (Phi) is 7.80. The average Bonchev–Trinajstić information content (AvgIpc) is 2.28. The highest BCUT2D eigenvalue weighted by Gasteiger charge is 2.45. The number of hydrogen-bond acceptors (Lipinski definition) is 3. The fraction of sp³-hybridized carbons (Fsp3) is 0.583. The van der Waals surface area contributed by atoms with E-state index in [9.17, 15) is 13.2 Å². The standard InChI is InChI=1S/C12H16F3N3.2ClH/c1-9-3-2-4-10(17-9)11(12(13,14)15)18-7-5-16-6-8-18;;/h2-4,11,16H,5-8H2,1H3;2*1H/t11-;;/m0../s1. The second-order valence-corrected chi connectivity index (χ2v) is 4.43. The highest BCUT2D eigenvalue weighted by molar-refractivity contribution is 5.85. The predicted octanol–water partition coefficient (Wildman–Crippen LogP) is 2.74. The van der Waals surface area contributed by atoms with Gasteiger partial charge in [-0.2, -0.15) is 13.2 Å². The topological polar surface area (TPSA) is 28.2 Å². The van der Waals surface area contributed by atoms with E-state index in [2.05, 4.69) is 10.3 Å². The number of pyridine rings is 1. The molecule has 2 rings (SSSR count). The number of nitrogens with one attached hydrogen (secondary N) is 1. The minimum absolute atomic E-state index is 0. The van der Waals surface area contributed by atoms with Crippen molar-refractivity contribution in [1.29, 1.82) is 0 Å². The van der Waals surface area contributed by atoms with E-state index in [1.54, 1.807) is 19.1 Å². The number of aromatic nitrogens is 1. The molecule has 0 unspecified atom stereocenters. The number of piperazine rings is 1. The summed E-state index contributed by atoms with van der Waals surface area (Å²) in [5.41, 5.74) is 0.696. The van der Waals surface area contributed by atoms with E-state index in [1.165, 1.54) is 11.0 Å². The van der Waals surface area contributed by atoms with Gasteiger partial charge in [-0.05, 0) is 19.1 Å². The highest BCUT2D eigenvalue weighted by atomic mass is 35.5. The van der Waals surface area contributed by atoms with Gasteiger partial charge in [0.05, 0.1) is 5.69 Å². The van der Waals surface area contributed by atoms with Crippen molar-refractivity contribution in [2.24, 2.45) is 0 Å². The van der Waals surface area contributed by atoms with Gasteiger partial charge < -0.3 is 5.32 Å². The molecule has 0 aromatic carbocycles. The monoisotopic (exact) mass is 331 g/mol. The second kappa shape index (κ2) is 8.02. The smallest absolute Gasteiger partial charge is 0.314 e. The highest BCUT2D eigenvalue weighted by Crippen LogP contribution is 2.36. The van der Waals surface area contributed by atoms with E-state index < -0.39 is 12.2 Å². The van der Waals surface area contributed by atoms with Crippen LogP contribution in [-0.2, 0) is 0 Å². The fourth-order valence-electron chi connectivity index (χ4n) is 2.22. The van der Waals surface area contributed by atoms with Crippen LogP contribution in [-0.4, -0.2) is 42.2 Å². The molecule has 0 saturated carbocycles. The number of rotatable bonds is 2. The molecule has 0 amide bonds. The average molecular weight is 332 g/mol. The Morgan fingerprint density at radius 2 is 1.80 bits per heavy atom. The molecule has 1 N–H and O–H groups in total. The normalized spacial score (nSPS) is 17.8. The SMILES string of the molecule is Cc1cccc([C@H](N2CCNCC2)C(F)(F)F)n1.Cl.Cl. The summed E-state index contributed by atoms with van der Waals surface area (Å²) >= 11 is 0. The summed E-state index contributed by atoms with van der Waals surface area (Å²) in [5, 5.41) is 3.05. The minimum Gasteiger partial charge on any atom is -0.314 e. The quantitative estimate of drug-likeness (QED) is 0.903. The molecule has 1 atom stereocenters. The van der Waals surface area contributed by atoms with Gasteiger partial charge in [0.1, 0.15) is 6.04 Å². The van der Waals surface area contributed by atoms with E-state index in [4.69, 9.17) is 0 Å². The summed E-state index contributed by atoms with van der Waals surface area (Å²) in [6.07, 6.45) is -4.29. The lowest BCUT2D eigenvalue weighted by Crippen LogP contribution is -2.49. The Morgan fingerprint density at radius 1 is 1.20 bits per heavy atom. The zero-order valence-corrected chi connectivity index (χ0v) is 12.6. The van der Waals surface area contributed by atoms with Crippen LogP contribution in [0.25, 0.3) is 0 Å². The van der Waals surface area contributed by atoms with E-state index in [0.717, 1.165) is 0 Å². The first-order valence-corrected chi connectivity index (χ1v) is 5.93. The number of alkyl halides is 3. The summed E-state index contributed by atoms with van der Waals surface area (Å²) in [4.78, 5) is 5.48. The third-order valence-corrected chi connectivity index (χ3v) is 3.02. The summed E-state index contributed by atoms with van der Waals surface area (Å²) in [5.74, 6) is 0. The molecule has 3 nitrogen and oxygen atoms in total. The lowest BCUT2D eigenvalue weighted by molar-refractivity contribution is -0.188. The maximum Gasteiger partial charge on any atom is 0.409 e. The van der Waals surface area contributed by atoms with Crippen LogP contribution in [0.1, 0.15) is 17.4 Å². The fourth-order valence-corrected chi connectivity index (χ4v) is 2.22. The molecule has 1 fully saturated rings. The molecule has 1 aliphatic heterocycles. The molecule has 20 heavy (non-hydrogen) atoms. The number of aryl methyl sites for hydroxylation is 1. The first-order valence-electron chi connectivity index (χ1n) is 5.93. The van der Waals surface area contributed by atoms with Crippen molar-refractivity contribution in [3.63, 3.8) is 0 Å². The summed E-state index contributed by atoms with van der Waals surface area (Å²) in [6, 6.07) is 3.18. The summed E-state index contributed by atoms with van der Waals surface area (Å²) in [7, 11) is 0. The van der Waals surface area contributed by atoms with Crippen LogP contribution in [0.4, 0.5) is 13.2 Å². The molecule has 1 aliphatic rings. The number of halogens is 5. The zero-order valence-electron chi connectivity index (χ0n) is 11.0. The van der Waals surface area contributed by atoms with Crippen LogP contribution < -0.4 is 5.32 Å². The van der Waals surface area contributed by atoms with Gasteiger partial charge in [-0.3, -0.25) is 9.88 Å². The maximum absolute atomic E-state index is 13.2. The molecular formula is C12H18Cl2F3N3. The van der Waals surface area contributed by atoms with E-state index in [1.807, 2.05) is 0 Å². The van der Waals surface area contributed by atoms with Crippen LogP contribution in [0.3, 0.4) is 0 Å². The van der Waals surface area contributed by atoms with E-state index in [0.29, 0.717) is 31.9 Å². The Bertz CT molecular complexity index is 409. The molecule has 116 valence electrons. The van der Waals surface area contributed by atoms with Gasteiger partial charge in [0.25, 0.3) is 0 Å². The molecule has 1 aromatic rings. The Hall–Kier alpha value is -0.560. The van der Waals surface area contributed by atoms with Gasteiger partial charge in [0.2, 0.25) is 0 Å². The van der Waals surface area contributed by atoms with Crippen molar-refractivity contribution < 1.29 is 13.2 Å². The molecule has 0 bridgehead atoms. The Balaban J connectivity index is 0.00000180. The van der Waals surface area contributed by atoms with Gasteiger partial charge in [-0.15, -0.1) is 24.8 Å². The van der Waals surface area contributed by atoms with E-state index >= 15 is 0 Å². The maximum atomic E-state index is 13.2. The molecule has 0 radical (unpaired) electrons. The third kappa shape index (κ3) is 4.77. The van der Waals surface area contributed by atoms with Gasteiger partial charge in [0.15, 0.2) is 0 Å². The van der Waals surface area contributed by atoms with Gasteiger partial charge in [-0.1, -0.05) is 6.07 Å². The van der Waals surface area contributed by atoms with Gasteiger partial charge >= 0.3 is 6.18 Å². The van der Waals surface area contributed by atoms with Crippen LogP contribution >= 0.6 is 24.8 Å². The predicted molar refractivity (Wildman–Crippen MR) is 76.7 cm³/mol. The van der Waals surface area contributed by atoms with Crippen molar-refractivity contribution in [3.8, 4) is 0 Å². The molecule has 0 aliphatic carbocycles. The number of hydrogen-bond donors (Lipinski definition) is 1. The molecule has 0 spiro atoms. The van der Waals surface area contributed by atoms with Crippen molar-refractivity contribution in [2.45, 2.75) is 19.1 Å². The number of nitrogens with zero attached hydrogens (tertiary/aromatic N) is 2. The van der Waals surface area contributed by atoms with E-state index in [-0.39, 0.29) is 30.5 Å². The minimum atomic E-state index is -4.29. The van der Waals surface area contributed by atoms with Crippen LogP contribution in [0.2, 0.25) is 0 Å². The first-order chi connectivity index (χ1) is 8.48. The van der Waals surface area contributed by atoms with Crippen LogP contribution in [0.5, 0.6) is 0 Å². The lowest BCUT2D eigenvalue weighted by Gasteiger charge is -2.35. The summed E-state index contributed by atoms with van der Waals surface area (Å²) < 4.78 is 39.7. The molecule has 1 saturated heterocycles. The van der Waals surface area contributed by atoms with Gasteiger partial charge in [-0.25, -0.2) is 0 Å². The van der Waals surface area contributed by atoms with Crippen molar-refractivity contribution >= 4 is 24.8 Å². The molecule has 1 aromatic heterocycles. The molecule has 8 heteroatoms. The summed E-state index contributed by atoms with van der Waals surface area (Å²) in [6.45, 7) is 3.64. The largest absolute Gasteiger partial charge is 0.409 e. The molecular weight excluding hydrogens is 314 g/mol. The lowest BCUT2D eigenvalue weighted by atomic mass is 10.1. The Morgan fingerprint density at radius 3 is 2.30 bits per heavy atom. The first kappa shape index (κ1) is 19.4. The molecule has 2 heterocycles. The van der Waals surface area contributed by atoms with Crippen molar-refractivity contribution in [2.75, 3.05) is 26.2 Å². The van der Waals surface area contributed by atoms with Gasteiger partial charge in [0, 0.05) is 31.9 Å². The zero-order chi connectivity index (χ0) is 13.2. The third-order valence-electron chi connectivity index (χ3n) is 3.02. The van der Waals surface area contributed by atoms with Crippen molar-refractivity contribution in [3.05, 3.63) is 29.6 Å². The van der Waals surface area contributed by atoms with Crippen molar-refractivity contribution in [1.82, 2.24) is 15.2 Å². The van der Waals surface area contributed by atoms with Crippen LogP contribution in [0.15, 0.2) is 18.2 Å². The second-order valence-electron chi connectivity index (χ2n) is 4.43. The Labute approximate surface area is 128 Å².